The molecule has 0 saturated carbocycles. The van der Waals surface area contributed by atoms with Gasteiger partial charge in [-0.05, 0) is 36.2 Å². The van der Waals surface area contributed by atoms with Crippen molar-refractivity contribution in [3.8, 4) is 0 Å². The molecule has 0 radical (unpaired) electrons. The number of anilines is 1. The number of nitrogens with zero attached hydrogens (tertiary/aromatic N) is 4. The van der Waals surface area contributed by atoms with E-state index in [1.54, 1.807) is 12.4 Å². The summed E-state index contributed by atoms with van der Waals surface area (Å²) in [5, 5.41) is 10.6. The molecular weight excluding hydrogens is 261 g/mol. The summed E-state index contributed by atoms with van der Waals surface area (Å²) in [6, 6.07) is 3.83. The lowest BCUT2D eigenvalue weighted by atomic mass is 10.1. The molecule has 88 valence electrons. The number of hydrogen-bond acceptors (Lipinski definition) is 5. The molecule has 0 saturated heterocycles. The van der Waals surface area contributed by atoms with Crippen LogP contribution in [0.5, 0.6) is 0 Å². The van der Waals surface area contributed by atoms with Gasteiger partial charge in [-0.25, -0.2) is 0 Å². The number of aromatic nitrogens is 4. The molecule has 7 heteroatoms. The first kappa shape index (κ1) is 12.0. The van der Waals surface area contributed by atoms with Gasteiger partial charge in [-0.2, -0.15) is 4.98 Å². The van der Waals surface area contributed by atoms with E-state index >= 15 is 0 Å². The molecule has 0 bridgehead atoms. The van der Waals surface area contributed by atoms with Gasteiger partial charge in [-0.1, -0.05) is 11.6 Å². The Kier molecular flexibility index (Phi) is 3.71. The van der Waals surface area contributed by atoms with Crippen LogP contribution in [0.15, 0.2) is 24.5 Å². The molecule has 2 aromatic heterocycles. The highest BCUT2D eigenvalue weighted by Gasteiger charge is 2.10. The summed E-state index contributed by atoms with van der Waals surface area (Å²) in [5.41, 5.74) is 1.06. The average Bonchev–Trinajstić information content (AvgIpc) is 2.35. The minimum absolute atomic E-state index is 0.0169. The first-order valence-corrected chi connectivity index (χ1v) is 5.64. The van der Waals surface area contributed by atoms with E-state index in [1.807, 2.05) is 19.1 Å². The van der Waals surface area contributed by atoms with Crippen molar-refractivity contribution in [1.29, 1.82) is 0 Å². The topological polar surface area (TPSA) is 63.6 Å². The fourth-order valence-electron chi connectivity index (χ4n) is 1.33. The Morgan fingerprint density at radius 2 is 1.88 bits per heavy atom. The van der Waals surface area contributed by atoms with E-state index in [0.717, 1.165) is 5.56 Å². The molecule has 0 spiro atoms. The van der Waals surface area contributed by atoms with Gasteiger partial charge in [0.25, 0.3) is 0 Å². The Morgan fingerprint density at radius 3 is 2.59 bits per heavy atom. The standard InChI is InChI=1S/C10H9Cl2N5/c1-6(7-2-4-13-5-3-7)14-9-8(11)16-17-10(12)15-9/h2-6H,1H3,(H,14,15,17). The van der Waals surface area contributed by atoms with Gasteiger partial charge in [0.1, 0.15) is 0 Å². The van der Waals surface area contributed by atoms with Crippen LogP contribution in [0.25, 0.3) is 0 Å². The fraction of sp³-hybridized carbons (Fsp3) is 0.200. The summed E-state index contributed by atoms with van der Waals surface area (Å²) in [5.74, 6) is 0.413. The first-order valence-electron chi connectivity index (χ1n) is 4.89. The van der Waals surface area contributed by atoms with Crippen LogP contribution in [-0.4, -0.2) is 20.2 Å². The lowest BCUT2D eigenvalue weighted by molar-refractivity contribution is 0.856. The number of halogens is 2. The Hall–Kier alpha value is -1.46. The average molecular weight is 270 g/mol. The Morgan fingerprint density at radius 1 is 1.18 bits per heavy atom. The van der Waals surface area contributed by atoms with Gasteiger partial charge in [-0.3, -0.25) is 4.98 Å². The lowest BCUT2D eigenvalue weighted by Gasteiger charge is -2.14. The molecule has 0 aliphatic rings. The summed E-state index contributed by atoms with van der Waals surface area (Å²) in [6.45, 7) is 1.97. The van der Waals surface area contributed by atoms with Crippen molar-refractivity contribution in [2.45, 2.75) is 13.0 Å². The van der Waals surface area contributed by atoms with Crippen molar-refractivity contribution in [2.24, 2.45) is 0 Å². The molecule has 1 N–H and O–H groups in total. The molecule has 17 heavy (non-hydrogen) atoms. The molecular formula is C10H9Cl2N5. The maximum Gasteiger partial charge on any atom is 0.245 e. The number of rotatable bonds is 3. The van der Waals surface area contributed by atoms with E-state index in [4.69, 9.17) is 23.2 Å². The van der Waals surface area contributed by atoms with Crippen LogP contribution in [0.3, 0.4) is 0 Å². The molecule has 1 unspecified atom stereocenters. The molecule has 5 nitrogen and oxygen atoms in total. The molecule has 1 atom stereocenters. The maximum atomic E-state index is 5.86. The molecule has 2 rings (SSSR count). The summed E-state index contributed by atoms with van der Waals surface area (Å²) in [7, 11) is 0. The highest BCUT2D eigenvalue weighted by molar-refractivity contribution is 6.32. The van der Waals surface area contributed by atoms with Crippen LogP contribution in [0, 0.1) is 0 Å². The molecule has 0 aromatic carbocycles. The first-order chi connectivity index (χ1) is 8.16. The zero-order valence-corrected chi connectivity index (χ0v) is 10.4. The van der Waals surface area contributed by atoms with Crippen LogP contribution >= 0.6 is 23.2 Å². The van der Waals surface area contributed by atoms with Crippen LogP contribution in [-0.2, 0) is 0 Å². The van der Waals surface area contributed by atoms with Gasteiger partial charge in [0.15, 0.2) is 11.0 Å². The zero-order chi connectivity index (χ0) is 12.3. The van der Waals surface area contributed by atoms with Gasteiger partial charge in [-0.15, -0.1) is 10.2 Å². The van der Waals surface area contributed by atoms with Crippen LogP contribution in [0.2, 0.25) is 10.4 Å². The molecule has 2 heterocycles. The number of hydrogen-bond donors (Lipinski definition) is 1. The number of nitrogens with one attached hydrogen (secondary N) is 1. The maximum absolute atomic E-state index is 5.86. The third-order valence-corrected chi connectivity index (χ3v) is 2.59. The second kappa shape index (κ2) is 5.25. The predicted octanol–water partition coefficient (Wildman–Crippen LogP) is 2.75. The summed E-state index contributed by atoms with van der Waals surface area (Å²) >= 11 is 11.5. The van der Waals surface area contributed by atoms with Crippen molar-refractivity contribution in [3.05, 3.63) is 40.5 Å². The predicted molar refractivity (Wildman–Crippen MR) is 66.1 cm³/mol. The molecule has 2 aromatic rings. The van der Waals surface area contributed by atoms with Crippen molar-refractivity contribution in [1.82, 2.24) is 20.2 Å². The number of pyridine rings is 1. The van der Waals surface area contributed by atoms with Crippen LogP contribution in [0.1, 0.15) is 18.5 Å². The Labute approximate surface area is 108 Å². The zero-order valence-electron chi connectivity index (χ0n) is 8.93. The van der Waals surface area contributed by atoms with Crippen LogP contribution < -0.4 is 5.32 Å². The van der Waals surface area contributed by atoms with Gasteiger partial charge in [0, 0.05) is 12.4 Å². The largest absolute Gasteiger partial charge is 0.361 e. The minimum Gasteiger partial charge on any atom is -0.361 e. The van der Waals surface area contributed by atoms with Crippen molar-refractivity contribution < 1.29 is 0 Å². The molecule has 0 fully saturated rings. The van der Waals surface area contributed by atoms with Gasteiger partial charge < -0.3 is 5.32 Å². The second-order valence-electron chi connectivity index (χ2n) is 3.37. The normalized spacial score (nSPS) is 12.2. The van der Waals surface area contributed by atoms with Crippen LogP contribution in [0.4, 0.5) is 5.82 Å². The fourth-order valence-corrected chi connectivity index (χ4v) is 1.58. The van der Waals surface area contributed by atoms with E-state index < -0.39 is 0 Å². The Bertz CT molecular complexity index is 505. The lowest BCUT2D eigenvalue weighted by Crippen LogP contribution is -2.09. The third-order valence-electron chi connectivity index (χ3n) is 2.18. The second-order valence-corrected chi connectivity index (χ2v) is 4.06. The van der Waals surface area contributed by atoms with Crippen molar-refractivity contribution in [2.75, 3.05) is 5.32 Å². The molecule has 0 aliphatic carbocycles. The van der Waals surface area contributed by atoms with Gasteiger partial charge >= 0.3 is 0 Å². The molecule has 0 aliphatic heterocycles. The third kappa shape index (κ3) is 3.01. The van der Waals surface area contributed by atoms with Crippen molar-refractivity contribution in [3.63, 3.8) is 0 Å². The van der Waals surface area contributed by atoms with E-state index in [0.29, 0.717) is 5.82 Å². The monoisotopic (exact) mass is 269 g/mol. The SMILES string of the molecule is CC(Nc1nc(Cl)nnc1Cl)c1ccncc1. The summed E-state index contributed by atoms with van der Waals surface area (Å²) < 4.78 is 0. The summed E-state index contributed by atoms with van der Waals surface area (Å²) in [6.07, 6.45) is 3.45. The van der Waals surface area contributed by atoms with Crippen molar-refractivity contribution >= 4 is 29.0 Å². The molecule has 0 amide bonds. The quantitative estimate of drug-likeness (QED) is 0.929. The van der Waals surface area contributed by atoms with Gasteiger partial charge in [0.05, 0.1) is 6.04 Å². The smallest absolute Gasteiger partial charge is 0.245 e. The van der Waals surface area contributed by atoms with E-state index in [2.05, 4.69) is 25.5 Å². The van der Waals surface area contributed by atoms with E-state index in [9.17, 15) is 0 Å². The van der Waals surface area contributed by atoms with E-state index in [-0.39, 0.29) is 16.5 Å². The Balaban J connectivity index is 2.18. The van der Waals surface area contributed by atoms with E-state index in [1.165, 1.54) is 0 Å². The minimum atomic E-state index is 0.0169. The highest BCUT2D eigenvalue weighted by atomic mass is 35.5. The summed E-state index contributed by atoms with van der Waals surface area (Å²) in [4.78, 5) is 7.92. The van der Waals surface area contributed by atoms with Gasteiger partial charge in [0.2, 0.25) is 5.28 Å². The highest BCUT2D eigenvalue weighted by Crippen LogP contribution is 2.22.